The molecule has 0 N–H and O–H groups in total. The van der Waals surface area contributed by atoms with Crippen molar-refractivity contribution in [3.05, 3.63) is 66.3 Å². The summed E-state index contributed by atoms with van der Waals surface area (Å²) in [7, 11) is 0. The van der Waals surface area contributed by atoms with Gasteiger partial charge in [-0.25, -0.2) is 0 Å². The molecule has 1 saturated heterocycles. The van der Waals surface area contributed by atoms with Crippen molar-refractivity contribution in [2.24, 2.45) is 0 Å². The predicted octanol–water partition coefficient (Wildman–Crippen LogP) is 4.22. The molecule has 4 rings (SSSR count). The minimum Gasteiger partial charge on any atom is -0.481 e. The molecule has 1 amide bonds. The van der Waals surface area contributed by atoms with Crippen molar-refractivity contribution in [1.29, 1.82) is 0 Å². The van der Waals surface area contributed by atoms with Gasteiger partial charge in [-0.2, -0.15) is 4.98 Å². The van der Waals surface area contributed by atoms with E-state index in [4.69, 9.17) is 9.26 Å². The van der Waals surface area contributed by atoms with Crippen LogP contribution in [0.2, 0.25) is 0 Å². The molecule has 1 aliphatic heterocycles. The molecule has 6 nitrogen and oxygen atoms in total. The lowest BCUT2D eigenvalue weighted by Gasteiger charge is -2.32. The van der Waals surface area contributed by atoms with E-state index in [9.17, 15) is 4.79 Å². The summed E-state index contributed by atoms with van der Waals surface area (Å²) in [5.41, 5.74) is 2.27. The van der Waals surface area contributed by atoms with Crippen molar-refractivity contribution in [2.75, 3.05) is 13.1 Å². The number of nitrogens with zero attached hydrogens (tertiary/aromatic N) is 3. The smallest absolute Gasteiger partial charge is 0.263 e. The molecule has 0 spiro atoms. The van der Waals surface area contributed by atoms with E-state index in [0.717, 1.165) is 30.5 Å². The SMILES string of the molecule is Cc1noc(C2CCCN(C(=O)C(C)Oc3ccc(-c4ccccc4)cc3)C2)n1. The average Bonchev–Trinajstić information content (AvgIpc) is 3.21. The molecule has 2 atom stereocenters. The number of rotatable bonds is 5. The summed E-state index contributed by atoms with van der Waals surface area (Å²) in [4.78, 5) is 19.1. The third-order valence-electron chi connectivity index (χ3n) is 5.25. The van der Waals surface area contributed by atoms with Gasteiger partial charge in [-0.3, -0.25) is 4.79 Å². The topological polar surface area (TPSA) is 68.5 Å². The van der Waals surface area contributed by atoms with Crippen molar-refractivity contribution >= 4 is 5.91 Å². The number of likely N-dealkylation sites (tertiary alicyclic amines) is 1. The maximum atomic E-state index is 12.9. The number of carbonyl (C=O) groups is 1. The van der Waals surface area contributed by atoms with Gasteiger partial charge in [-0.15, -0.1) is 0 Å². The molecule has 0 radical (unpaired) electrons. The average molecular weight is 391 g/mol. The van der Waals surface area contributed by atoms with Crippen molar-refractivity contribution in [3.63, 3.8) is 0 Å². The summed E-state index contributed by atoms with van der Waals surface area (Å²) in [6, 6.07) is 18.0. The molecule has 3 aromatic rings. The van der Waals surface area contributed by atoms with E-state index < -0.39 is 6.10 Å². The molecular weight excluding hydrogens is 366 g/mol. The van der Waals surface area contributed by atoms with Gasteiger partial charge in [-0.05, 0) is 49.9 Å². The number of aryl methyl sites for hydroxylation is 1. The van der Waals surface area contributed by atoms with E-state index in [1.54, 1.807) is 13.8 Å². The predicted molar refractivity (Wildman–Crippen MR) is 110 cm³/mol. The van der Waals surface area contributed by atoms with Crippen LogP contribution in [-0.4, -0.2) is 40.1 Å². The number of benzene rings is 2. The van der Waals surface area contributed by atoms with Crippen LogP contribution in [0, 0.1) is 6.92 Å². The van der Waals surface area contributed by atoms with E-state index in [0.29, 0.717) is 24.0 Å². The molecule has 29 heavy (non-hydrogen) atoms. The maximum absolute atomic E-state index is 12.9. The van der Waals surface area contributed by atoms with Crippen LogP contribution in [-0.2, 0) is 4.79 Å². The van der Waals surface area contributed by atoms with Crippen LogP contribution in [0.5, 0.6) is 5.75 Å². The third kappa shape index (κ3) is 4.47. The Morgan fingerprint density at radius 2 is 1.86 bits per heavy atom. The molecule has 0 bridgehead atoms. The van der Waals surface area contributed by atoms with Crippen molar-refractivity contribution in [1.82, 2.24) is 15.0 Å². The summed E-state index contributed by atoms with van der Waals surface area (Å²) < 4.78 is 11.2. The molecule has 1 aliphatic rings. The molecule has 6 heteroatoms. The fraction of sp³-hybridized carbons (Fsp3) is 0.348. The number of ether oxygens (including phenoxy) is 1. The van der Waals surface area contributed by atoms with Crippen LogP contribution in [0.15, 0.2) is 59.1 Å². The summed E-state index contributed by atoms with van der Waals surface area (Å²) >= 11 is 0. The maximum Gasteiger partial charge on any atom is 0.263 e. The molecular formula is C23H25N3O3. The van der Waals surface area contributed by atoms with Crippen LogP contribution in [0.25, 0.3) is 11.1 Å². The Morgan fingerprint density at radius 1 is 1.14 bits per heavy atom. The lowest BCUT2D eigenvalue weighted by molar-refractivity contribution is -0.139. The molecule has 1 aromatic heterocycles. The van der Waals surface area contributed by atoms with Crippen LogP contribution in [0.1, 0.15) is 37.4 Å². The van der Waals surface area contributed by atoms with Gasteiger partial charge in [0, 0.05) is 13.1 Å². The van der Waals surface area contributed by atoms with Gasteiger partial charge in [0.25, 0.3) is 5.91 Å². The first-order valence-electron chi connectivity index (χ1n) is 10.0. The zero-order valence-electron chi connectivity index (χ0n) is 16.7. The summed E-state index contributed by atoms with van der Waals surface area (Å²) in [5.74, 6) is 2.00. The Bertz CT molecular complexity index is 953. The lowest BCUT2D eigenvalue weighted by atomic mass is 9.97. The summed E-state index contributed by atoms with van der Waals surface area (Å²) in [6.07, 6.45) is 1.30. The summed E-state index contributed by atoms with van der Waals surface area (Å²) in [6.45, 7) is 4.91. The fourth-order valence-electron chi connectivity index (χ4n) is 3.73. The van der Waals surface area contributed by atoms with Crippen LogP contribution in [0.4, 0.5) is 0 Å². The van der Waals surface area contributed by atoms with Crippen molar-refractivity contribution in [2.45, 2.75) is 38.7 Å². The zero-order valence-corrected chi connectivity index (χ0v) is 16.7. The summed E-state index contributed by atoms with van der Waals surface area (Å²) in [5, 5.41) is 3.87. The van der Waals surface area contributed by atoms with Gasteiger partial charge in [0.1, 0.15) is 5.75 Å². The number of aromatic nitrogens is 2. The van der Waals surface area contributed by atoms with E-state index >= 15 is 0 Å². The van der Waals surface area contributed by atoms with Crippen LogP contribution >= 0.6 is 0 Å². The first kappa shape index (κ1) is 19.2. The quantitative estimate of drug-likeness (QED) is 0.651. The Morgan fingerprint density at radius 3 is 2.55 bits per heavy atom. The van der Waals surface area contributed by atoms with Crippen molar-refractivity contribution in [3.8, 4) is 16.9 Å². The van der Waals surface area contributed by atoms with Gasteiger partial charge >= 0.3 is 0 Å². The van der Waals surface area contributed by atoms with Gasteiger partial charge < -0.3 is 14.2 Å². The highest BCUT2D eigenvalue weighted by Crippen LogP contribution is 2.27. The van der Waals surface area contributed by atoms with Crippen LogP contribution in [0.3, 0.4) is 0 Å². The Kier molecular flexibility index (Phi) is 5.60. The van der Waals surface area contributed by atoms with Crippen LogP contribution < -0.4 is 4.74 Å². The van der Waals surface area contributed by atoms with E-state index in [1.165, 1.54) is 0 Å². The fourth-order valence-corrected chi connectivity index (χ4v) is 3.73. The molecule has 150 valence electrons. The molecule has 0 aliphatic carbocycles. The second-order valence-corrected chi connectivity index (χ2v) is 7.45. The number of hydrogen-bond donors (Lipinski definition) is 0. The van der Waals surface area contributed by atoms with E-state index in [2.05, 4.69) is 22.3 Å². The number of hydrogen-bond acceptors (Lipinski definition) is 5. The first-order valence-corrected chi connectivity index (χ1v) is 10.0. The second-order valence-electron chi connectivity index (χ2n) is 7.45. The molecule has 2 heterocycles. The number of amides is 1. The van der Waals surface area contributed by atoms with E-state index in [1.807, 2.05) is 47.4 Å². The highest BCUT2D eigenvalue weighted by Gasteiger charge is 2.31. The third-order valence-corrected chi connectivity index (χ3v) is 5.25. The Hall–Kier alpha value is -3.15. The normalized spacial score (nSPS) is 17.7. The van der Waals surface area contributed by atoms with Crippen molar-refractivity contribution < 1.29 is 14.1 Å². The zero-order chi connectivity index (χ0) is 20.2. The standard InChI is InChI=1S/C23H25N3O3/c1-16(28-21-12-10-19(11-13-21)18-7-4-3-5-8-18)23(27)26-14-6-9-20(15-26)22-24-17(2)25-29-22/h3-5,7-8,10-13,16,20H,6,9,14-15H2,1-2H3. The number of carbonyl (C=O) groups excluding carboxylic acids is 1. The second kappa shape index (κ2) is 8.47. The largest absolute Gasteiger partial charge is 0.481 e. The van der Waals surface area contributed by atoms with E-state index in [-0.39, 0.29) is 11.8 Å². The molecule has 1 fully saturated rings. The highest BCUT2D eigenvalue weighted by atomic mass is 16.5. The number of piperidine rings is 1. The minimum atomic E-state index is -0.555. The minimum absolute atomic E-state index is 0.0157. The van der Waals surface area contributed by atoms with Gasteiger partial charge in [0.15, 0.2) is 11.9 Å². The van der Waals surface area contributed by atoms with Gasteiger partial charge in [0.2, 0.25) is 5.89 Å². The lowest BCUT2D eigenvalue weighted by Crippen LogP contribution is -2.45. The highest BCUT2D eigenvalue weighted by molar-refractivity contribution is 5.81. The van der Waals surface area contributed by atoms with Gasteiger partial charge in [-0.1, -0.05) is 47.6 Å². The monoisotopic (exact) mass is 391 g/mol. The molecule has 0 saturated carbocycles. The van der Waals surface area contributed by atoms with Gasteiger partial charge in [0.05, 0.1) is 5.92 Å². The first-order chi connectivity index (χ1) is 14.1. The molecule has 2 unspecified atom stereocenters. The Labute approximate surface area is 170 Å². The molecule has 2 aromatic carbocycles. The Balaban J connectivity index is 1.37.